The number of carbonyl (C=O) groups is 2. The van der Waals surface area contributed by atoms with Gasteiger partial charge in [-0.25, -0.2) is 13.6 Å². The Labute approximate surface area is 226 Å². The fraction of sp³-hybridized carbons (Fsp3) is 0.393. The molecule has 0 radical (unpaired) electrons. The van der Waals surface area contributed by atoms with Crippen LogP contribution in [0.1, 0.15) is 49.7 Å². The van der Waals surface area contributed by atoms with Crippen molar-refractivity contribution in [2.75, 3.05) is 30.8 Å². The summed E-state index contributed by atoms with van der Waals surface area (Å²) in [5.74, 6) is -0.729. The Hall–Kier alpha value is -4.15. The molecule has 2 heterocycles. The van der Waals surface area contributed by atoms with E-state index in [4.69, 9.17) is 9.47 Å². The number of urea groups is 1. The molecule has 3 amide bonds. The lowest BCUT2D eigenvalue weighted by atomic mass is 9.92. The van der Waals surface area contributed by atoms with E-state index in [2.05, 4.69) is 15.7 Å². The molecule has 0 bridgehead atoms. The highest BCUT2D eigenvalue weighted by Crippen LogP contribution is 2.28. The summed E-state index contributed by atoms with van der Waals surface area (Å²) < 4.78 is 41.4. The molecule has 11 heteroatoms. The van der Waals surface area contributed by atoms with Gasteiger partial charge in [-0.15, -0.1) is 0 Å². The van der Waals surface area contributed by atoms with E-state index in [1.54, 1.807) is 28.8 Å². The Balaban J connectivity index is 1.35. The predicted octanol–water partition coefficient (Wildman–Crippen LogP) is 5.33. The largest absolute Gasteiger partial charge is 0.496 e. The van der Waals surface area contributed by atoms with Gasteiger partial charge in [0.2, 0.25) is 0 Å². The number of likely N-dealkylation sites (tertiary alicyclic amines) is 1. The summed E-state index contributed by atoms with van der Waals surface area (Å²) in [5, 5.41) is 9.78. The predicted molar refractivity (Wildman–Crippen MR) is 143 cm³/mol. The molecule has 4 rings (SSSR count). The van der Waals surface area contributed by atoms with E-state index in [1.807, 2.05) is 20.8 Å². The van der Waals surface area contributed by atoms with E-state index in [0.29, 0.717) is 31.7 Å². The summed E-state index contributed by atoms with van der Waals surface area (Å²) in [6.07, 6.45) is 0.655. The van der Waals surface area contributed by atoms with Crippen LogP contribution in [0.5, 0.6) is 11.5 Å². The van der Waals surface area contributed by atoms with Gasteiger partial charge in [0.15, 0.2) is 0 Å². The van der Waals surface area contributed by atoms with E-state index < -0.39 is 23.6 Å². The Kier molecular flexibility index (Phi) is 8.08. The molecule has 1 saturated heterocycles. The van der Waals surface area contributed by atoms with Gasteiger partial charge in [-0.05, 0) is 18.2 Å². The molecule has 2 N–H and O–H groups in total. The van der Waals surface area contributed by atoms with Crippen LogP contribution in [0.25, 0.3) is 0 Å². The average molecular weight is 542 g/mol. The first kappa shape index (κ1) is 27.9. The van der Waals surface area contributed by atoms with Crippen molar-refractivity contribution in [2.45, 2.75) is 45.1 Å². The maximum Gasteiger partial charge on any atom is 0.324 e. The lowest BCUT2D eigenvalue weighted by Gasteiger charge is -2.32. The summed E-state index contributed by atoms with van der Waals surface area (Å²) in [5.41, 5.74) is 0.763. The third kappa shape index (κ3) is 6.65. The molecular weight excluding hydrogens is 508 g/mol. The van der Waals surface area contributed by atoms with Gasteiger partial charge >= 0.3 is 6.03 Å². The lowest BCUT2D eigenvalue weighted by molar-refractivity contribution is 0.0588. The van der Waals surface area contributed by atoms with Gasteiger partial charge in [0.25, 0.3) is 5.91 Å². The highest BCUT2D eigenvalue weighted by atomic mass is 19.1. The zero-order valence-corrected chi connectivity index (χ0v) is 22.7. The van der Waals surface area contributed by atoms with Crippen molar-refractivity contribution in [2.24, 2.45) is 7.05 Å². The third-order valence-electron chi connectivity index (χ3n) is 6.46. The van der Waals surface area contributed by atoms with Gasteiger partial charge in [0.05, 0.1) is 12.8 Å². The second-order valence-electron chi connectivity index (χ2n) is 10.5. The number of nitrogens with one attached hydrogen (secondary N) is 2. The van der Waals surface area contributed by atoms with Crippen LogP contribution in [-0.2, 0) is 12.5 Å². The second-order valence-corrected chi connectivity index (χ2v) is 10.5. The molecule has 208 valence electrons. The molecule has 1 aliphatic heterocycles. The number of carbonyl (C=O) groups excluding carboxylic acids is 2. The molecular formula is C28H33F2N5O4. The quantitative estimate of drug-likeness (QED) is 0.440. The Bertz CT molecular complexity index is 1360. The number of halogens is 2. The van der Waals surface area contributed by atoms with E-state index >= 15 is 0 Å². The molecule has 1 aliphatic rings. The molecule has 1 fully saturated rings. The van der Waals surface area contributed by atoms with Crippen molar-refractivity contribution in [1.82, 2.24) is 14.7 Å². The number of piperidine rings is 1. The number of rotatable bonds is 6. The number of aryl methyl sites for hydroxylation is 1. The van der Waals surface area contributed by atoms with Gasteiger partial charge in [0, 0.05) is 62.3 Å². The van der Waals surface area contributed by atoms with Crippen LogP contribution >= 0.6 is 0 Å². The highest BCUT2D eigenvalue weighted by Gasteiger charge is 2.28. The monoisotopic (exact) mass is 541 g/mol. The number of ether oxygens (including phenoxy) is 2. The number of methoxy groups -OCH3 is 1. The minimum absolute atomic E-state index is 0.0979. The number of hydrogen-bond donors (Lipinski definition) is 2. The minimum Gasteiger partial charge on any atom is -0.496 e. The van der Waals surface area contributed by atoms with Gasteiger partial charge in [0.1, 0.15) is 40.6 Å². The number of amides is 3. The second kappa shape index (κ2) is 11.3. The Morgan fingerprint density at radius 3 is 2.41 bits per heavy atom. The molecule has 0 unspecified atom stereocenters. The van der Waals surface area contributed by atoms with E-state index in [1.165, 1.54) is 37.4 Å². The number of anilines is 2. The van der Waals surface area contributed by atoms with Crippen LogP contribution in [0.2, 0.25) is 0 Å². The van der Waals surface area contributed by atoms with Crippen molar-refractivity contribution >= 4 is 23.4 Å². The highest BCUT2D eigenvalue weighted by molar-refractivity contribution is 5.99. The molecule has 0 spiro atoms. The van der Waals surface area contributed by atoms with Crippen LogP contribution < -0.4 is 20.1 Å². The van der Waals surface area contributed by atoms with Crippen LogP contribution in [0, 0.1) is 11.6 Å². The van der Waals surface area contributed by atoms with Gasteiger partial charge in [-0.1, -0.05) is 26.8 Å². The first-order chi connectivity index (χ1) is 18.4. The summed E-state index contributed by atoms with van der Waals surface area (Å²) in [7, 11) is 3.11. The summed E-state index contributed by atoms with van der Waals surface area (Å²) in [6, 6.07) is 9.46. The first-order valence-electron chi connectivity index (χ1n) is 12.7. The van der Waals surface area contributed by atoms with Gasteiger partial charge in [-0.2, -0.15) is 5.10 Å². The van der Waals surface area contributed by atoms with Crippen LogP contribution in [-0.4, -0.2) is 52.9 Å². The molecule has 0 saturated carbocycles. The molecule has 1 aromatic heterocycles. The van der Waals surface area contributed by atoms with Crippen molar-refractivity contribution < 1.29 is 27.8 Å². The SMILES string of the molecule is COc1cccc(F)c1C(=O)N1CCC(Oc2cc(F)cc(NC(=O)Nc3cc(C(C)(C)C)nn3C)c2)CC1. The number of benzene rings is 2. The van der Waals surface area contributed by atoms with Gasteiger partial charge < -0.3 is 19.7 Å². The smallest absolute Gasteiger partial charge is 0.324 e. The number of hydrogen-bond acceptors (Lipinski definition) is 5. The third-order valence-corrected chi connectivity index (χ3v) is 6.46. The van der Waals surface area contributed by atoms with Crippen molar-refractivity contribution in [3.05, 3.63) is 65.4 Å². The first-order valence-corrected chi connectivity index (χ1v) is 12.7. The van der Waals surface area contributed by atoms with E-state index in [-0.39, 0.29) is 34.3 Å². The van der Waals surface area contributed by atoms with Gasteiger partial charge in [-0.3, -0.25) is 14.8 Å². The fourth-order valence-corrected chi connectivity index (χ4v) is 4.34. The summed E-state index contributed by atoms with van der Waals surface area (Å²) >= 11 is 0. The van der Waals surface area contributed by atoms with E-state index in [0.717, 1.165) is 5.69 Å². The minimum atomic E-state index is -0.639. The van der Waals surface area contributed by atoms with Crippen molar-refractivity contribution in [1.29, 1.82) is 0 Å². The molecule has 39 heavy (non-hydrogen) atoms. The zero-order chi connectivity index (χ0) is 28.3. The Morgan fingerprint density at radius 2 is 1.77 bits per heavy atom. The van der Waals surface area contributed by atoms with Crippen LogP contribution in [0.3, 0.4) is 0 Å². The lowest BCUT2D eigenvalue weighted by Crippen LogP contribution is -2.42. The van der Waals surface area contributed by atoms with E-state index in [9.17, 15) is 18.4 Å². The zero-order valence-electron chi connectivity index (χ0n) is 22.7. The summed E-state index contributed by atoms with van der Waals surface area (Å²) in [6.45, 7) is 6.75. The maximum atomic E-state index is 14.4. The van der Waals surface area contributed by atoms with Crippen molar-refractivity contribution in [3.63, 3.8) is 0 Å². The van der Waals surface area contributed by atoms with Crippen LogP contribution in [0.15, 0.2) is 42.5 Å². The molecule has 0 atom stereocenters. The fourth-order valence-electron chi connectivity index (χ4n) is 4.34. The van der Waals surface area contributed by atoms with Crippen LogP contribution in [0.4, 0.5) is 25.1 Å². The summed E-state index contributed by atoms with van der Waals surface area (Å²) in [4.78, 5) is 27.1. The molecule has 3 aromatic rings. The standard InChI is InChI=1S/C28H33F2N5O4/c1-28(2,3)23-16-24(34(4)33-23)32-27(37)31-18-13-17(29)14-20(15-18)39-19-9-11-35(12-10-19)26(36)25-21(30)7-6-8-22(25)38-5/h6-8,13-16,19H,9-12H2,1-5H3,(H2,31,32,37). The maximum absolute atomic E-state index is 14.4. The number of nitrogens with zero attached hydrogens (tertiary/aromatic N) is 3. The molecule has 2 aromatic carbocycles. The molecule has 9 nitrogen and oxygen atoms in total. The topological polar surface area (TPSA) is 97.7 Å². The number of aromatic nitrogens is 2. The van der Waals surface area contributed by atoms with Crippen molar-refractivity contribution in [3.8, 4) is 11.5 Å². The molecule has 0 aliphatic carbocycles. The average Bonchev–Trinajstić information content (AvgIpc) is 3.24. The Morgan fingerprint density at radius 1 is 1.05 bits per heavy atom. The normalized spacial score (nSPS) is 14.2.